The molecule has 1 heterocycles. The Bertz CT molecular complexity index is 1540. The van der Waals surface area contributed by atoms with Gasteiger partial charge in [-0.05, 0) is 96.0 Å². The van der Waals surface area contributed by atoms with Crippen LogP contribution in [0.5, 0.6) is 5.75 Å². The van der Waals surface area contributed by atoms with Gasteiger partial charge in [-0.25, -0.2) is 4.98 Å². The molecule has 2 aliphatic carbocycles. The lowest BCUT2D eigenvalue weighted by atomic mass is 9.70. The molecule has 0 bridgehead atoms. The normalized spacial score (nSPS) is 17.7. The fourth-order valence-corrected chi connectivity index (χ4v) is 6.77. The largest absolute Gasteiger partial charge is 0.485 e. The number of rotatable bonds is 6. The first-order valence-corrected chi connectivity index (χ1v) is 14.2. The van der Waals surface area contributed by atoms with Crippen LogP contribution >= 0.6 is 0 Å². The van der Waals surface area contributed by atoms with Crippen molar-refractivity contribution in [3.8, 4) is 16.9 Å². The van der Waals surface area contributed by atoms with Crippen LogP contribution < -0.4 is 10.5 Å². The van der Waals surface area contributed by atoms with Crippen LogP contribution in [0.15, 0.2) is 66.9 Å². The molecule has 0 amide bonds. The number of aromatic nitrogens is 1. The predicted octanol–water partition coefficient (Wildman–Crippen LogP) is 7.62. The second-order valence-electron chi connectivity index (χ2n) is 11.1. The summed E-state index contributed by atoms with van der Waals surface area (Å²) in [6.45, 7) is 4.24. The van der Waals surface area contributed by atoms with Crippen molar-refractivity contribution in [3.05, 3.63) is 89.1 Å². The first-order chi connectivity index (χ1) is 19.0. The van der Waals surface area contributed by atoms with Crippen LogP contribution in [-0.2, 0) is 21.4 Å². The number of pyridine rings is 1. The van der Waals surface area contributed by atoms with Gasteiger partial charge in [-0.2, -0.15) is 0 Å². The summed E-state index contributed by atoms with van der Waals surface area (Å²) in [5.74, 6) is 1.10. The van der Waals surface area contributed by atoms with E-state index in [0.29, 0.717) is 12.4 Å². The van der Waals surface area contributed by atoms with E-state index < -0.39 is 0 Å². The molecule has 5 nitrogen and oxygen atoms in total. The maximum atomic E-state index is 12.4. The number of fused-ring (bicyclic) bond motifs is 3. The number of hydrogen-bond acceptors (Lipinski definition) is 5. The molecule has 5 heteroatoms. The van der Waals surface area contributed by atoms with Gasteiger partial charge in [0.25, 0.3) is 0 Å². The lowest BCUT2D eigenvalue weighted by molar-refractivity contribution is -0.142. The number of nitrogens with two attached hydrogens (primary N) is 1. The highest BCUT2D eigenvalue weighted by Gasteiger charge is 2.45. The molecule has 1 spiro atoms. The van der Waals surface area contributed by atoms with E-state index in [2.05, 4.69) is 41.4 Å². The Hall–Kier alpha value is -3.86. The van der Waals surface area contributed by atoms with E-state index in [1.165, 1.54) is 43.2 Å². The van der Waals surface area contributed by atoms with Crippen molar-refractivity contribution < 1.29 is 14.3 Å². The number of ether oxygens (including phenoxy) is 2. The Balaban J connectivity index is 1.40. The number of carbonyl (C=O) groups is 1. The molecule has 3 aromatic carbocycles. The average Bonchev–Trinajstić information content (AvgIpc) is 3.22. The van der Waals surface area contributed by atoms with E-state index >= 15 is 0 Å². The monoisotopic (exact) mass is 520 g/mol. The maximum absolute atomic E-state index is 12.4. The van der Waals surface area contributed by atoms with Crippen molar-refractivity contribution >= 4 is 22.6 Å². The second kappa shape index (κ2) is 10.4. The predicted molar refractivity (Wildman–Crippen MR) is 156 cm³/mol. The Morgan fingerprint density at radius 1 is 1.03 bits per heavy atom. The zero-order valence-electron chi connectivity index (χ0n) is 22.8. The molecule has 1 aromatic heterocycles. The van der Waals surface area contributed by atoms with Crippen molar-refractivity contribution in [2.75, 3.05) is 12.3 Å². The van der Waals surface area contributed by atoms with Crippen LogP contribution in [0.25, 0.3) is 21.9 Å². The average molecular weight is 521 g/mol. The summed E-state index contributed by atoms with van der Waals surface area (Å²) in [6, 6.07) is 21.3. The molecule has 0 saturated heterocycles. The van der Waals surface area contributed by atoms with E-state index in [4.69, 9.17) is 15.2 Å². The van der Waals surface area contributed by atoms with Crippen LogP contribution in [-0.4, -0.2) is 17.6 Å². The molecule has 1 unspecified atom stereocenters. The number of anilines is 1. The highest BCUT2D eigenvalue weighted by Crippen LogP contribution is 2.54. The minimum Gasteiger partial charge on any atom is -0.485 e. The van der Waals surface area contributed by atoms with Gasteiger partial charge in [0, 0.05) is 17.1 Å². The SMILES string of the molecule is CCOC(=O)Cc1c(C)cccc1OC1CC2(CCCCC2)c2ccc(-c3ccc4ccnc(N)c4c3)cc21. The standard InChI is InChI=1S/C34H36N2O3/c1-3-38-32(37)20-26-22(2)8-7-9-30(26)39-31-21-34(15-5-4-6-16-34)29-13-12-25(19-28(29)31)24-11-10-23-14-17-36-33(35)27(23)18-24/h7-14,17-19,31H,3-6,15-16,20-21H2,1-2H3,(H2,35,36). The third-order valence-electron chi connectivity index (χ3n) is 8.75. The summed E-state index contributed by atoms with van der Waals surface area (Å²) < 4.78 is 12.1. The lowest BCUT2D eigenvalue weighted by Crippen LogP contribution is -2.26. The molecule has 200 valence electrons. The minimum absolute atomic E-state index is 0.0759. The van der Waals surface area contributed by atoms with Crippen LogP contribution in [0.2, 0.25) is 0 Å². The van der Waals surface area contributed by atoms with Gasteiger partial charge in [-0.15, -0.1) is 0 Å². The smallest absolute Gasteiger partial charge is 0.310 e. The molecule has 4 aromatic rings. The summed E-state index contributed by atoms with van der Waals surface area (Å²) in [6.07, 6.45) is 9.05. The third kappa shape index (κ3) is 4.75. The zero-order valence-corrected chi connectivity index (χ0v) is 22.8. The molecule has 0 aliphatic heterocycles. The maximum Gasteiger partial charge on any atom is 0.310 e. The summed E-state index contributed by atoms with van der Waals surface area (Å²) in [5.41, 5.74) is 13.3. The quantitative estimate of drug-likeness (QED) is 0.265. The van der Waals surface area contributed by atoms with Crippen LogP contribution in [0, 0.1) is 6.92 Å². The van der Waals surface area contributed by atoms with Crippen LogP contribution in [0.4, 0.5) is 5.82 Å². The van der Waals surface area contributed by atoms with Gasteiger partial charge in [0.15, 0.2) is 0 Å². The van der Waals surface area contributed by atoms with Gasteiger partial charge in [0.2, 0.25) is 0 Å². The number of carbonyl (C=O) groups excluding carboxylic acids is 1. The Labute approximate surface area is 230 Å². The van der Waals surface area contributed by atoms with Crippen molar-refractivity contribution in [1.82, 2.24) is 4.98 Å². The molecule has 6 rings (SSSR count). The number of aryl methyl sites for hydroxylation is 1. The van der Waals surface area contributed by atoms with E-state index in [9.17, 15) is 4.79 Å². The van der Waals surface area contributed by atoms with Gasteiger partial charge in [-0.1, -0.05) is 55.7 Å². The van der Waals surface area contributed by atoms with Crippen molar-refractivity contribution in [1.29, 1.82) is 0 Å². The van der Waals surface area contributed by atoms with Gasteiger partial charge < -0.3 is 15.2 Å². The van der Waals surface area contributed by atoms with Crippen molar-refractivity contribution in [3.63, 3.8) is 0 Å². The molecule has 1 fully saturated rings. The molecule has 1 saturated carbocycles. The molecule has 1 atom stereocenters. The molecular formula is C34H36N2O3. The van der Waals surface area contributed by atoms with E-state index in [1.807, 2.05) is 38.1 Å². The van der Waals surface area contributed by atoms with Gasteiger partial charge in [0.05, 0.1) is 13.0 Å². The van der Waals surface area contributed by atoms with Crippen molar-refractivity contribution in [2.24, 2.45) is 0 Å². The fourth-order valence-electron chi connectivity index (χ4n) is 6.77. The second-order valence-corrected chi connectivity index (χ2v) is 11.1. The minimum atomic E-state index is -0.223. The molecule has 39 heavy (non-hydrogen) atoms. The summed E-state index contributed by atoms with van der Waals surface area (Å²) >= 11 is 0. The third-order valence-corrected chi connectivity index (χ3v) is 8.75. The number of esters is 1. The number of nitrogen functional groups attached to an aromatic ring is 1. The lowest BCUT2D eigenvalue weighted by Gasteiger charge is -2.34. The van der Waals surface area contributed by atoms with Crippen molar-refractivity contribution in [2.45, 2.75) is 70.3 Å². The highest BCUT2D eigenvalue weighted by atomic mass is 16.5. The molecular weight excluding hydrogens is 484 g/mol. The van der Waals surface area contributed by atoms with Gasteiger partial charge >= 0.3 is 5.97 Å². The van der Waals surface area contributed by atoms with E-state index in [-0.39, 0.29) is 23.9 Å². The Kier molecular flexibility index (Phi) is 6.76. The summed E-state index contributed by atoms with van der Waals surface area (Å²) in [5, 5.41) is 2.05. The number of hydrogen-bond donors (Lipinski definition) is 1. The number of nitrogens with zero attached hydrogens (tertiary/aromatic N) is 1. The Morgan fingerprint density at radius 3 is 2.64 bits per heavy atom. The van der Waals surface area contributed by atoms with Crippen LogP contribution in [0.1, 0.15) is 73.8 Å². The molecule has 2 N–H and O–H groups in total. The number of benzene rings is 3. The van der Waals surface area contributed by atoms with Gasteiger partial charge in [0.1, 0.15) is 17.7 Å². The topological polar surface area (TPSA) is 74.4 Å². The van der Waals surface area contributed by atoms with E-state index in [1.54, 1.807) is 6.20 Å². The first kappa shape index (κ1) is 25.4. The highest BCUT2D eigenvalue weighted by molar-refractivity contribution is 5.94. The Morgan fingerprint density at radius 2 is 1.82 bits per heavy atom. The zero-order chi connectivity index (χ0) is 27.0. The van der Waals surface area contributed by atoms with Crippen LogP contribution in [0.3, 0.4) is 0 Å². The van der Waals surface area contributed by atoms with E-state index in [0.717, 1.165) is 45.2 Å². The van der Waals surface area contributed by atoms with Gasteiger partial charge in [-0.3, -0.25) is 4.79 Å². The molecule has 2 aliphatic rings. The molecule has 0 radical (unpaired) electrons. The summed E-state index contributed by atoms with van der Waals surface area (Å²) in [7, 11) is 0. The summed E-state index contributed by atoms with van der Waals surface area (Å²) in [4.78, 5) is 16.7. The first-order valence-electron chi connectivity index (χ1n) is 14.2. The fraction of sp³-hybridized carbons (Fsp3) is 0.353.